The molecule has 0 unspecified atom stereocenters. The summed E-state index contributed by atoms with van der Waals surface area (Å²) in [6.07, 6.45) is 0. The van der Waals surface area contributed by atoms with Crippen LogP contribution in [0, 0.1) is 6.92 Å². The average Bonchev–Trinajstić information content (AvgIpc) is 2.61. The lowest BCUT2D eigenvalue weighted by molar-refractivity contribution is -0.143. The van der Waals surface area contributed by atoms with Gasteiger partial charge in [-0.05, 0) is 0 Å². The number of carbonyl (C=O) groups excluding carboxylic acids is 1. The molecule has 0 saturated carbocycles. The smallest absolute Gasteiger partial charge is 0.329 e. The first-order valence-corrected chi connectivity index (χ1v) is 4.43. The summed E-state index contributed by atoms with van der Waals surface area (Å²) < 4.78 is 9.26. The summed E-state index contributed by atoms with van der Waals surface area (Å²) in [5, 5.41) is 14.3. The number of nitrogens with one attached hydrogen (secondary N) is 1. The third kappa shape index (κ3) is 4.51. The van der Waals surface area contributed by atoms with E-state index in [-0.39, 0.29) is 13.2 Å². The van der Waals surface area contributed by atoms with Crippen molar-refractivity contribution in [1.29, 1.82) is 0 Å². The molecular weight excluding hydrogens is 218 g/mol. The summed E-state index contributed by atoms with van der Waals surface area (Å²) in [5.41, 5.74) is 0. The highest BCUT2D eigenvalue weighted by Gasteiger charge is 2.06. The number of ether oxygens (including phenoxy) is 1. The highest BCUT2D eigenvalue weighted by Crippen LogP contribution is 1.93. The molecule has 0 saturated heterocycles. The molecule has 1 aromatic rings. The lowest BCUT2D eigenvalue weighted by Crippen LogP contribution is -2.28. The number of hydrogen-bond acceptors (Lipinski definition) is 6. The van der Waals surface area contributed by atoms with Crippen molar-refractivity contribution in [1.82, 2.24) is 15.5 Å². The van der Waals surface area contributed by atoms with Gasteiger partial charge in [-0.25, -0.2) is 4.79 Å². The number of hydrogen-bond donors (Lipinski definition) is 2. The summed E-state index contributed by atoms with van der Waals surface area (Å²) in [6, 6.07) is 0. The highest BCUT2D eigenvalue weighted by molar-refractivity contribution is 5.77. The Hall–Kier alpha value is -1.96. The van der Waals surface area contributed by atoms with Crippen LogP contribution >= 0.6 is 0 Å². The molecule has 1 heterocycles. The Balaban J connectivity index is 2.17. The molecule has 8 heteroatoms. The van der Waals surface area contributed by atoms with E-state index >= 15 is 0 Å². The maximum atomic E-state index is 11.1. The molecule has 0 aromatic carbocycles. The van der Waals surface area contributed by atoms with E-state index in [9.17, 15) is 9.59 Å². The van der Waals surface area contributed by atoms with E-state index in [0.717, 1.165) is 0 Å². The first-order valence-electron chi connectivity index (χ1n) is 4.43. The molecule has 2 N–H and O–H groups in total. The zero-order valence-electron chi connectivity index (χ0n) is 8.60. The Kier molecular flexibility index (Phi) is 4.40. The van der Waals surface area contributed by atoms with Crippen molar-refractivity contribution in [3.05, 3.63) is 11.7 Å². The van der Waals surface area contributed by atoms with Gasteiger partial charge in [0.2, 0.25) is 11.8 Å². The zero-order chi connectivity index (χ0) is 12.0. The minimum absolute atomic E-state index is 0.118. The minimum atomic E-state index is -1.12. The van der Waals surface area contributed by atoms with E-state index in [4.69, 9.17) is 5.11 Å². The van der Waals surface area contributed by atoms with Crippen LogP contribution in [0.5, 0.6) is 0 Å². The molecule has 0 aliphatic rings. The molecule has 1 rings (SSSR count). The molecule has 0 atom stereocenters. The van der Waals surface area contributed by atoms with Gasteiger partial charge in [-0.1, -0.05) is 5.16 Å². The lowest BCUT2D eigenvalue weighted by Gasteiger charge is -2.01. The maximum absolute atomic E-state index is 11.1. The molecule has 0 aliphatic heterocycles. The number of aromatic nitrogens is 2. The Morgan fingerprint density at radius 2 is 2.25 bits per heavy atom. The topological polar surface area (TPSA) is 115 Å². The molecule has 0 spiro atoms. The second-order valence-corrected chi connectivity index (χ2v) is 2.89. The minimum Gasteiger partial charge on any atom is -0.480 e. The van der Waals surface area contributed by atoms with Gasteiger partial charge >= 0.3 is 5.97 Å². The van der Waals surface area contributed by atoms with Gasteiger partial charge in [0, 0.05) is 6.92 Å². The van der Waals surface area contributed by atoms with Crippen molar-refractivity contribution < 1.29 is 24.0 Å². The molecule has 0 fully saturated rings. The molecule has 0 radical (unpaired) electrons. The molecule has 1 amide bonds. The second kappa shape index (κ2) is 5.81. The largest absolute Gasteiger partial charge is 0.480 e. The summed E-state index contributed by atoms with van der Waals surface area (Å²) in [5.74, 6) is -0.805. The van der Waals surface area contributed by atoms with Gasteiger partial charge in [-0.3, -0.25) is 4.79 Å². The standard InChI is InChI=1S/C8H11N3O5/c1-5-10-6(11-16-5)2-9-7(12)3-15-4-8(13)14/h2-4H2,1H3,(H,9,12)(H,13,14). The number of amides is 1. The van der Waals surface area contributed by atoms with Crippen molar-refractivity contribution in [3.8, 4) is 0 Å². The third-order valence-electron chi connectivity index (χ3n) is 1.47. The Labute approximate surface area is 90.6 Å². The van der Waals surface area contributed by atoms with Crippen molar-refractivity contribution >= 4 is 11.9 Å². The first kappa shape index (κ1) is 12.1. The molecule has 88 valence electrons. The fraction of sp³-hybridized carbons (Fsp3) is 0.500. The normalized spacial score (nSPS) is 10.1. The molecule has 16 heavy (non-hydrogen) atoms. The van der Waals surface area contributed by atoms with Gasteiger partial charge < -0.3 is 19.7 Å². The molecule has 0 bridgehead atoms. The zero-order valence-corrected chi connectivity index (χ0v) is 8.60. The quantitative estimate of drug-likeness (QED) is 0.649. The monoisotopic (exact) mass is 229 g/mol. The van der Waals surface area contributed by atoms with Gasteiger partial charge in [0.15, 0.2) is 5.82 Å². The highest BCUT2D eigenvalue weighted by atomic mass is 16.5. The lowest BCUT2D eigenvalue weighted by atomic mass is 10.5. The van der Waals surface area contributed by atoms with Crippen molar-refractivity contribution in [2.45, 2.75) is 13.5 Å². The molecular formula is C8H11N3O5. The molecule has 0 aliphatic carbocycles. The average molecular weight is 229 g/mol. The van der Waals surface area contributed by atoms with E-state index in [2.05, 4.69) is 24.7 Å². The number of nitrogens with zero attached hydrogens (tertiary/aromatic N) is 2. The molecule has 1 aromatic heterocycles. The van der Waals surface area contributed by atoms with Gasteiger partial charge in [-0.15, -0.1) is 0 Å². The van der Waals surface area contributed by atoms with E-state index in [1.165, 1.54) is 0 Å². The SMILES string of the molecule is Cc1nc(CNC(=O)COCC(=O)O)no1. The van der Waals surface area contributed by atoms with E-state index < -0.39 is 18.5 Å². The number of carbonyl (C=O) groups is 2. The fourth-order valence-corrected chi connectivity index (χ4v) is 0.873. The van der Waals surface area contributed by atoms with Crippen LogP contribution in [0.25, 0.3) is 0 Å². The fourth-order valence-electron chi connectivity index (χ4n) is 0.873. The van der Waals surface area contributed by atoms with Crippen molar-refractivity contribution in [3.63, 3.8) is 0 Å². The Morgan fingerprint density at radius 1 is 1.50 bits per heavy atom. The van der Waals surface area contributed by atoms with Crippen LogP contribution in [0.1, 0.15) is 11.7 Å². The van der Waals surface area contributed by atoms with Crippen LogP contribution in [0.4, 0.5) is 0 Å². The summed E-state index contributed by atoms with van der Waals surface area (Å²) in [4.78, 5) is 25.0. The summed E-state index contributed by atoms with van der Waals surface area (Å²) in [6.45, 7) is 0.929. The Bertz CT molecular complexity index is 376. The number of rotatable bonds is 6. The summed E-state index contributed by atoms with van der Waals surface area (Å²) in [7, 11) is 0. The van der Waals surface area contributed by atoms with Gasteiger partial charge in [0.25, 0.3) is 0 Å². The predicted molar refractivity (Wildman–Crippen MR) is 49.3 cm³/mol. The molecule has 8 nitrogen and oxygen atoms in total. The van der Waals surface area contributed by atoms with Crippen molar-refractivity contribution in [2.75, 3.05) is 13.2 Å². The number of carboxylic acids is 1. The van der Waals surface area contributed by atoms with E-state index in [0.29, 0.717) is 11.7 Å². The second-order valence-electron chi connectivity index (χ2n) is 2.89. The third-order valence-corrected chi connectivity index (χ3v) is 1.47. The van der Waals surface area contributed by atoms with Crippen LogP contribution < -0.4 is 5.32 Å². The first-order chi connectivity index (χ1) is 7.58. The maximum Gasteiger partial charge on any atom is 0.329 e. The van der Waals surface area contributed by atoms with Gasteiger partial charge in [0.05, 0.1) is 6.54 Å². The van der Waals surface area contributed by atoms with Crippen LogP contribution in [-0.2, 0) is 20.9 Å². The van der Waals surface area contributed by atoms with Crippen LogP contribution in [0.3, 0.4) is 0 Å². The van der Waals surface area contributed by atoms with Crippen LogP contribution in [0.15, 0.2) is 4.52 Å². The number of aliphatic carboxylic acids is 1. The predicted octanol–water partition coefficient (Wildman–Crippen LogP) is -0.905. The number of carboxylic acid groups (broad SMARTS) is 1. The van der Waals surface area contributed by atoms with Crippen LogP contribution in [-0.4, -0.2) is 40.3 Å². The van der Waals surface area contributed by atoms with Gasteiger partial charge in [-0.2, -0.15) is 4.98 Å². The Morgan fingerprint density at radius 3 is 2.81 bits per heavy atom. The van der Waals surface area contributed by atoms with Gasteiger partial charge in [0.1, 0.15) is 13.2 Å². The van der Waals surface area contributed by atoms with Crippen molar-refractivity contribution in [2.24, 2.45) is 0 Å². The van der Waals surface area contributed by atoms with E-state index in [1.54, 1.807) is 6.92 Å². The number of aryl methyl sites for hydroxylation is 1. The summed E-state index contributed by atoms with van der Waals surface area (Å²) >= 11 is 0. The van der Waals surface area contributed by atoms with Crippen LogP contribution in [0.2, 0.25) is 0 Å². The van der Waals surface area contributed by atoms with E-state index in [1.807, 2.05) is 0 Å².